The summed E-state index contributed by atoms with van der Waals surface area (Å²) in [6.07, 6.45) is -18.7. The number of benzene rings is 2. The Bertz CT molecular complexity index is 4190. The minimum absolute atomic E-state index is 0.0926. The van der Waals surface area contributed by atoms with Crippen LogP contribution in [0.1, 0.15) is 212 Å². The van der Waals surface area contributed by atoms with E-state index in [1.54, 1.807) is 144 Å². The van der Waals surface area contributed by atoms with Crippen molar-refractivity contribution in [3.8, 4) is 0 Å². The van der Waals surface area contributed by atoms with Crippen molar-refractivity contribution >= 4 is 59.9 Å². The van der Waals surface area contributed by atoms with E-state index in [1.165, 1.54) is 39.8 Å². The van der Waals surface area contributed by atoms with Crippen molar-refractivity contribution in [2.75, 3.05) is 13.2 Å². The quantitative estimate of drug-likeness (QED) is 0.0362. The zero-order valence-electron chi connectivity index (χ0n) is 75.1. The van der Waals surface area contributed by atoms with Crippen molar-refractivity contribution in [2.45, 2.75) is 335 Å². The molecule has 32 nitrogen and oxygen atoms in total. The first kappa shape index (κ1) is 95.9. The summed E-state index contributed by atoms with van der Waals surface area (Å²) in [5.41, 5.74) is -13.3. The van der Waals surface area contributed by atoms with Crippen molar-refractivity contribution in [1.82, 2.24) is 10.6 Å². The van der Waals surface area contributed by atoms with Gasteiger partial charge in [-0.2, -0.15) is 0 Å². The molecule has 2 aromatic carbocycles. The van der Waals surface area contributed by atoms with Crippen LogP contribution in [-0.2, 0) is 105 Å². The molecule has 8 fully saturated rings. The Kier molecular flexibility index (Phi) is 27.5. The summed E-state index contributed by atoms with van der Waals surface area (Å²) in [6.45, 7) is 43.9. The molecule has 6 aliphatic carbocycles. The molecule has 6 N–H and O–H groups in total. The molecule has 4 bridgehead atoms. The van der Waals surface area contributed by atoms with Crippen LogP contribution < -0.4 is 10.6 Å². The molecule has 2 unspecified atom stereocenters. The normalized spacial score (nSPS) is 35.5. The van der Waals surface area contributed by atoms with E-state index in [9.17, 15) is 68.4 Å². The first-order valence-corrected chi connectivity index (χ1v) is 42.6. The van der Waals surface area contributed by atoms with Crippen molar-refractivity contribution in [2.24, 2.45) is 45.3 Å². The third-order valence-electron chi connectivity index (χ3n) is 26.9. The highest BCUT2D eigenvalue weighted by atomic mass is 16.7. The Balaban J connectivity index is 0.000000241. The standard InChI is InChI=1S/2C46H63NO15/c2*1-13-32-58-30-20-31-45(22-55-31,61-26(6)49)36-38(60-39(51)27-17-15-14-16-18-27)46(54)21-29(57-40(52)34(50)28(19-23(2)3)47-41(53)62-42(7,8)9)24(4)33(43(46,10)11)35(56-25(5)48)37(59-32)44(30,36)12/h2*13-18,23,28-32,34-38,50,54H,1,19-22H2,2-12H3,(H,47,53)/t28-,29-,30-,31+,32?,34+,35-,36-,37-,38-,44+,45-,46+;28-,29-,30-,31+,32?,34-,35-,36-,37-,38-,44+,45-,46+/m00/s1. The average Bonchev–Trinajstić information content (AvgIpc) is 0.666. The number of ether oxygens (including phenoxy) is 16. The SMILES string of the molecule is C=CC1O[C@H]2C[C@H]3OC[C@@]3(OC(C)=O)[C@H]3[C@H](OC(=O)c4ccccc4)[C@]4(O)C[C@H](OC(=O)[C@@H](O)[C@H](CC(C)C)NC(=O)OC(C)(C)C)C(C)=C([C@H](OC(C)=O)[C@H](O1)[C@]23C)C4(C)C.C=CC1O[C@H]2C[C@H]3OC[C@@]3(OC(C)=O)[C@H]3[C@H](OC(=O)c4ccccc4)[C@]4(O)C[C@H](OC(=O)[C@H](O)[C@H](CC(C)C)NC(=O)OC(C)(C)C)C(C)=C([C@H](OC(C)=O)[C@H](O1)[C@]23C)C4(C)C. The molecule has 0 aromatic heterocycles. The van der Waals surface area contributed by atoms with E-state index in [0.29, 0.717) is 22.3 Å². The van der Waals surface area contributed by atoms with Crippen molar-refractivity contribution in [1.29, 1.82) is 0 Å². The van der Waals surface area contributed by atoms with Gasteiger partial charge >= 0.3 is 59.9 Å². The lowest BCUT2D eigenvalue weighted by Crippen LogP contribution is -2.83. The lowest BCUT2D eigenvalue weighted by atomic mass is 9.44. The van der Waals surface area contributed by atoms with E-state index in [0.717, 1.165) is 0 Å². The molecule has 26 atom stereocenters. The second-order valence-electron chi connectivity index (χ2n) is 39.1. The Morgan fingerprint density at radius 3 is 1.10 bits per heavy atom. The van der Waals surface area contributed by atoms with Crippen LogP contribution in [0.15, 0.2) is 108 Å². The number of esters is 8. The topological polar surface area (TPSA) is 423 Å². The number of nitrogens with one attached hydrogen (secondary N) is 2. The lowest BCUT2D eigenvalue weighted by molar-refractivity contribution is -0.405. The smallest absolute Gasteiger partial charge is 0.407 e. The number of carbonyl (C=O) groups is 10. The fraction of sp³-hybridized carbons (Fsp3) is 0.674. The molecule has 2 amide bonds. The van der Waals surface area contributed by atoms with Gasteiger partial charge < -0.3 is 107 Å². The number of fused-ring (bicyclic) bond motifs is 8. The molecule has 32 heteroatoms. The minimum atomic E-state index is -2.23. The summed E-state index contributed by atoms with van der Waals surface area (Å²) in [4.78, 5) is 136. The maximum absolute atomic E-state index is 14.4. The fourth-order valence-corrected chi connectivity index (χ4v) is 21.4. The number of alkyl carbamates (subject to hydrolysis) is 2. The lowest BCUT2D eigenvalue weighted by Gasteiger charge is -2.71. The van der Waals surface area contributed by atoms with Crippen LogP contribution in [0.5, 0.6) is 0 Å². The van der Waals surface area contributed by atoms with Gasteiger partial charge in [-0.05, 0) is 139 Å². The summed E-state index contributed by atoms with van der Waals surface area (Å²) in [5, 5.41) is 56.2. The molecule has 124 heavy (non-hydrogen) atoms. The van der Waals surface area contributed by atoms with Crippen LogP contribution >= 0.6 is 0 Å². The second kappa shape index (κ2) is 35.5. The number of hydrogen-bond acceptors (Lipinski definition) is 30. The molecule has 2 aromatic rings. The van der Waals surface area contributed by atoms with E-state index in [1.807, 2.05) is 41.5 Å². The van der Waals surface area contributed by atoms with Gasteiger partial charge in [0.15, 0.2) is 48.2 Å². The predicted octanol–water partition coefficient (Wildman–Crippen LogP) is 9.74. The van der Waals surface area contributed by atoms with Crippen molar-refractivity contribution in [3.63, 3.8) is 0 Å². The summed E-state index contributed by atoms with van der Waals surface area (Å²) in [7, 11) is 0. The van der Waals surface area contributed by atoms with Crippen LogP contribution in [-0.4, -0.2) is 237 Å². The van der Waals surface area contributed by atoms with Gasteiger partial charge in [-0.3, -0.25) is 19.2 Å². The number of amides is 2. The molecule has 4 saturated heterocycles. The zero-order chi connectivity index (χ0) is 91.8. The van der Waals surface area contributed by atoms with Gasteiger partial charge in [-0.1, -0.05) is 119 Å². The van der Waals surface area contributed by atoms with Crippen LogP contribution in [0.3, 0.4) is 0 Å². The molecule has 4 saturated carbocycles. The Morgan fingerprint density at radius 2 is 0.823 bits per heavy atom. The second-order valence-corrected chi connectivity index (χ2v) is 39.1. The summed E-state index contributed by atoms with van der Waals surface area (Å²) < 4.78 is 100. The van der Waals surface area contributed by atoms with Crippen LogP contribution in [0.2, 0.25) is 0 Å². The van der Waals surface area contributed by atoms with E-state index >= 15 is 0 Å². The van der Waals surface area contributed by atoms with E-state index in [-0.39, 0.29) is 61.9 Å². The third kappa shape index (κ3) is 17.8. The molecular weight excluding hydrogens is 1610 g/mol. The largest absolute Gasteiger partial charge is 0.456 e. The first-order chi connectivity index (χ1) is 57.6. The van der Waals surface area contributed by atoms with Crippen LogP contribution in [0, 0.1) is 45.3 Å². The molecule has 10 aliphatic rings. The van der Waals surface area contributed by atoms with Gasteiger partial charge in [-0.15, -0.1) is 0 Å². The Morgan fingerprint density at radius 1 is 0.492 bits per heavy atom. The van der Waals surface area contributed by atoms with Gasteiger partial charge in [-0.25, -0.2) is 28.8 Å². The fourth-order valence-electron chi connectivity index (χ4n) is 21.4. The number of aliphatic hydroxyl groups is 4. The van der Waals surface area contributed by atoms with Crippen molar-refractivity contribution in [3.05, 3.63) is 119 Å². The van der Waals surface area contributed by atoms with E-state index in [2.05, 4.69) is 23.8 Å². The highest BCUT2D eigenvalue weighted by Crippen LogP contribution is 2.70. The molecule has 4 aliphatic heterocycles. The third-order valence-corrected chi connectivity index (χ3v) is 26.9. The molecule has 4 heterocycles. The summed E-state index contributed by atoms with van der Waals surface area (Å²) in [5.74, 6) is -9.13. The van der Waals surface area contributed by atoms with Gasteiger partial charge in [0.05, 0.1) is 60.5 Å². The van der Waals surface area contributed by atoms with Crippen LogP contribution in [0.25, 0.3) is 0 Å². The minimum Gasteiger partial charge on any atom is -0.456 e. The highest BCUT2D eigenvalue weighted by molar-refractivity contribution is 5.90. The molecule has 0 radical (unpaired) electrons. The average molecular weight is 1740 g/mol. The van der Waals surface area contributed by atoms with Gasteiger partial charge in [0.25, 0.3) is 0 Å². The molecule has 684 valence electrons. The van der Waals surface area contributed by atoms with Gasteiger partial charge in [0.2, 0.25) is 0 Å². The van der Waals surface area contributed by atoms with E-state index in [4.69, 9.17) is 75.8 Å². The number of rotatable bonds is 22. The number of aliphatic hydroxyl groups excluding tert-OH is 2. The maximum Gasteiger partial charge on any atom is 0.407 e. The Hall–Kier alpha value is -8.70. The zero-order valence-corrected chi connectivity index (χ0v) is 75.1. The predicted molar refractivity (Wildman–Crippen MR) is 440 cm³/mol. The monoisotopic (exact) mass is 1740 g/mol. The van der Waals surface area contributed by atoms with Crippen LogP contribution in [0.4, 0.5) is 9.59 Å². The van der Waals surface area contributed by atoms with Crippen molar-refractivity contribution < 1.29 is 144 Å². The highest BCUT2D eigenvalue weighted by Gasteiger charge is 2.82. The van der Waals surface area contributed by atoms with Gasteiger partial charge in [0.1, 0.15) is 71.2 Å². The summed E-state index contributed by atoms with van der Waals surface area (Å²) in [6, 6.07) is 14.1. The molecular formula is C92H126N2O30. The van der Waals surface area contributed by atoms with E-state index < -0.39 is 250 Å². The van der Waals surface area contributed by atoms with Gasteiger partial charge in [0, 0.05) is 75.0 Å². The number of hydrogen-bond donors (Lipinski definition) is 6. The molecule has 0 spiro atoms. The Labute approximate surface area is 724 Å². The molecule has 12 rings (SSSR count). The summed E-state index contributed by atoms with van der Waals surface area (Å²) >= 11 is 0. The number of carbonyl (C=O) groups excluding carboxylic acids is 10. The first-order valence-electron chi connectivity index (χ1n) is 42.6. The maximum atomic E-state index is 14.4.